The molecule has 68 heavy (non-hydrogen) atoms. The molecule has 0 aromatic rings. The largest absolute Gasteiger partial charge is 0.472 e. The van der Waals surface area contributed by atoms with Crippen molar-refractivity contribution in [2.24, 2.45) is 0 Å². The Hall–Kier alpha value is -2.74. The van der Waals surface area contributed by atoms with Gasteiger partial charge in [-0.05, 0) is 89.9 Å². The second-order valence-corrected chi connectivity index (χ2v) is 19.0. The van der Waals surface area contributed by atoms with Crippen molar-refractivity contribution >= 4 is 13.8 Å². The monoisotopic (exact) mass is 977 g/mol. The Morgan fingerprint density at radius 3 is 1.25 bits per heavy atom. The highest BCUT2D eigenvalue weighted by Gasteiger charge is 2.51. The lowest BCUT2D eigenvalue weighted by molar-refractivity contribution is -0.220. The van der Waals surface area contributed by atoms with Crippen molar-refractivity contribution in [2.45, 2.75) is 224 Å². The van der Waals surface area contributed by atoms with Crippen LogP contribution in [0.2, 0.25) is 0 Å². The van der Waals surface area contributed by atoms with Crippen LogP contribution in [0.25, 0.3) is 0 Å². The molecule has 1 fully saturated rings. The van der Waals surface area contributed by atoms with Crippen LogP contribution >= 0.6 is 7.82 Å². The topological polar surface area (TPSA) is 192 Å². The van der Waals surface area contributed by atoms with Gasteiger partial charge in [0.1, 0.15) is 42.7 Å². The molecule has 0 aromatic heterocycles. The van der Waals surface area contributed by atoms with Crippen LogP contribution in [0.1, 0.15) is 181 Å². The van der Waals surface area contributed by atoms with Gasteiger partial charge in [-0.1, -0.05) is 182 Å². The SMILES string of the molecule is CC/C=C\C/C=C\C/C=C\C/C=C\CCCCCCCCCCC(=O)OC(COCCCCCCCCC/C=C\C/C=C\C/C=C\C/C=C\CC)COP(=O)(O)OC1C(O)C(O)C(O)C(O)C1O. The molecule has 0 heterocycles. The van der Waals surface area contributed by atoms with E-state index in [0.717, 1.165) is 116 Å². The van der Waals surface area contributed by atoms with Gasteiger partial charge in [-0.2, -0.15) is 0 Å². The van der Waals surface area contributed by atoms with Crippen molar-refractivity contribution in [1.29, 1.82) is 0 Å². The third-order valence-electron chi connectivity index (χ3n) is 11.5. The number of phosphoric ester groups is 1. The Morgan fingerprint density at radius 1 is 0.471 bits per heavy atom. The van der Waals surface area contributed by atoms with Gasteiger partial charge >= 0.3 is 13.8 Å². The van der Waals surface area contributed by atoms with Gasteiger partial charge in [-0.3, -0.25) is 13.8 Å². The van der Waals surface area contributed by atoms with E-state index < -0.39 is 63.1 Å². The second kappa shape index (κ2) is 44.2. The molecule has 6 N–H and O–H groups in total. The number of aliphatic hydroxyl groups is 5. The Kier molecular flexibility index (Phi) is 41.1. The van der Waals surface area contributed by atoms with Crippen molar-refractivity contribution in [3.8, 4) is 0 Å². The van der Waals surface area contributed by atoms with Crippen molar-refractivity contribution in [2.75, 3.05) is 19.8 Å². The first-order valence-corrected chi connectivity index (χ1v) is 27.6. The van der Waals surface area contributed by atoms with Gasteiger partial charge in [-0.15, -0.1) is 0 Å². The first-order valence-electron chi connectivity index (χ1n) is 26.1. The molecule has 12 nitrogen and oxygen atoms in total. The van der Waals surface area contributed by atoms with Gasteiger partial charge in [0.15, 0.2) is 0 Å². The van der Waals surface area contributed by atoms with Crippen LogP contribution in [0, 0.1) is 0 Å². The van der Waals surface area contributed by atoms with E-state index >= 15 is 0 Å². The molecule has 390 valence electrons. The number of allylic oxidation sites excluding steroid dienone is 16. The predicted molar refractivity (Wildman–Crippen MR) is 276 cm³/mol. The standard InChI is InChI=1S/C55H93O12P/c1-3-5-7-9-11-13-15-17-19-21-23-25-26-28-30-32-34-36-38-40-42-44-49(56)66-48(47-65-68(62,63)67-55-53(60)51(58)50(57)52(59)54(55)61)46-64-45-43-41-39-37-35-33-31-29-27-24-22-20-18-16-14-12-10-8-6-4-2/h5-8,11-14,17-20,23-25,27,48,50-55,57-61H,3-4,9-10,15-16,21-22,26,28-47H2,1-2H3,(H,62,63)/b7-5-,8-6-,13-11-,14-12-,19-17-,20-18-,25-23-,27-24-. The molecular formula is C55H93O12P. The number of rotatable bonds is 43. The summed E-state index contributed by atoms with van der Waals surface area (Å²) < 4.78 is 34.3. The smallest absolute Gasteiger partial charge is 0.457 e. The molecule has 1 aliphatic carbocycles. The summed E-state index contributed by atoms with van der Waals surface area (Å²) in [7, 11) is -5.04. The van der Waals surface area contributed by atoms with E-state index in [1.807, 2.05) is 0 Å². The number of phosphoric acid groups is 1. The molecular weight excluding hydrogens is 884 g/mol. The summed E-state index contributed by atoms with van der Waals surface area (Å²) in [5, 5.41) is 50.3. The van der Waals surface area contributed by atoms with Gasteiger partial charge in [0, 0.05) is 13.0 Å². The molecule has 0 bridgehead atoms. The summed E-state index contributed by atoms with van der Waals surface area (Å²) in [5.74, 6) is -0.493. The first kappa shape index (κ1) is 63.3. The fourth-order valence-electron chi connectivity index (χ4n) is 7.40. The lowest BCUT2D eigenvalue weighted by Gasteiger charge is -2.41. The predicted octanol–water partition coefficient (Wildman–Crippen LogP) is 11.9. The molecule has 0 amide bonds. The number of aliphatic hydroxyl groups excluding tert-OH is 5. The number of hydrogen-bond acceptors (Lipinski definition) is 11. The third kappa shape index (κ3) is 35.4. The maximum atomic E-state index is 12.9. The van der Waals surface area contributed by atoms with E-state index in [1.165, 1.54) is 38.5 Å². The average Bonchev–Trinajstić information content (AvgIpc) is 3.32. The van der Waals surface area contributed by atoms with E-state index in [0.29, 0.717) is 13.0 Å². The minimum Gasteiger partial charge on any atom is -0.457 e. The Labute approximate surface area is 411 Å². The van der Waals surface area contributed by atoms with Crippen LogP contribution in [0.15, 0.2) is 97.2 Å². The molecule has 1 aliphatic rings. The summed E-state index contributed by atoms with van der Waals surface area (Å²) in [6.07, 6.45) is 48.9. The Morgan fingerprint density at radius 2 is 0.824 bits per heavy atom. The van der Waals surface area contributed by atoms with Crippen LogP contribution in [0.3, 0.4) is 0 Å². The third-order valence-corrected chi connectivity index (χ3v) is 12.4. The number of hydrogen-bond donors (Lipinski definition) is 6. The molecule has 0 aromatic carbocycles. The van der Waals surface area contributed by atoms with E-state index in [4.69, 9.17) is 18.5 Å². The molecule has 1 rings (SSSR count). The highest BCUT2D eigenvalue weighted by molar-refractivity contribution is 7.47. The summed E-state index contributed by atoms with van der Waals surface area (Å²) in [4.78, 5) is 23.3. The minimum atomic E-state index is -5.04. The van der Waals surface area contributed by atoms with Crippen LogP contribution in [-0.4, -0.2) is 98.9 Å². The molecule has 0 radical (unpaired) electrons. The van der Waals surface area contributed by atoms with Gasteiger partial charge in [0.2, 0.25) is 0 Å². The fourth-order valence-corrected chi connectivity index (χ4v) is 8.37. The number of ether oxygens (including phenoxy) is 2. The summed E-state index contributed by atoms with van der Waals surface area (Å²) in [6, 6.07) is 0. The van der Waals surface area contributed by atoms with E-state index in [1.54, 1.807) is 0 Å². The highest BCUT2D eigenvalue weighted by Crippen LogP contribution is 2.47. The molecule has 0 spiro atoms. The highest BCUT2D eigenvalue weighted by atomic mass is 31.2. The lowest BCUT2D eigenvalue weighted by atomic mass is 9.85. The van der Waals surface area contributed by atoms with Gasteiger partial charge < -0.3 is 39.9 Å². The summed E-state index contributed by atoms with van der Waals surface area (Å²) >= 11 is 0. The first-order chi connectivity index (χ1) is 33.0. The van der Waals surface area contributed by atoms with Gasteiger partial charge in [0.05, 0.1) is 13.2 Å². The van der Waals surface area contributed by atoms with E-state index in [-0.39, 0.29) is 13.0 Å². The van der Waals surface area contributed by atoms with Gasteiger partial charge in [-0.25, -0.2) is 4.57 Å². The number of unbranched alkanes of at least 4 members (excludes halogenated alkanes) is 15. The zero-order valence-corrected chi connectivity index (χ0v) is 42.8. The van der Waals surface area contributed by atoms with E-state index in [2.05, 4.69) is 111 Å². The van der Waals surface area contributed by atoms with Crippen molar-refractivity contribution < 1.29 is 58.3 Å². The quantitative estimate of drug-likeness (QED) is 0.0147. The maximum Gasteiger partial charge on any atom is 0.472 e. The van der Waals surface area contributed by atoms with E-state index in [9.17, 15) is 39.8 Å². The molecule has 6 unspecified atom stereocenters. The maximum absolute atomic E-state index is 12.9. The van der Waals surface area contributed by atoms with Crippen LogP contribution < -0.4 is 0 Å². The summed E-state index contributed by atoms with van der Waals surface area (Å²) in [5.41, 5.74) is 0. The Bertz CT molecular complexity index is 1490. The molecule has 1 saturated carbocycles. The molecule has 13 heteroatoms. The minimum absolute atomic E-state index is 0.0936. The number of esters is 1. The summed E-state index contributed by atoms with van der Waals surface area (Å²) in [6.45, 7) is 4.00. The molecule has 0 saturated heterocycles. The van der Waals surface area contributed by atoms with Crippen molar-refractivity contribution in [3.05, 3.63) is 97.2 Å². The second-order valence-electron chi connectivity index (χ2n) is 17.6. The fraction of sp³-hybridized carbons (Fsp3) is 0.691. The Balaban J connectivity index is 2.36. The number of carbonyl (C=O) groups is 1. The lowest BCUT2D eigenvalue weighted by Crippen LogP contribution is -2.64. The molecule has 0 aliphatic heterocycles. The zero-order chi connectivity index (χ0) is 49.8. The van der Waals surface area contributed by atoms with Crippen LogP contribution in [0.5, 0.6) is 0 Å². The normalized spacial score (nSPS) is 21.9. The van der Waals surface area contributed by atoms with Crippen molar-refractivity contribution in [3.63, 3.8) is 0 Å². The zero-order valence-electron chi connectivity index (χ0n) is 41.9. The number of carbonyl (C=O) groups excluding carboxylic acids is 1. The van der Waals surface area contributed by atoms with Crippen LogP contribution in [-0.2, 0) is 27.9 Å². The van der Waals surface area contributed by atoms with Crippen LogP contribution in [0.4, 0.5) is 0 Å². The average molecular weight is 977 g/mol. The van der Waals surface area contributed by atoms with Crippen molar-refractivity contribution in [1.82, 2.24) is 0 Å². The molecule has 6 atom stereocenters. The van der Waals surface area contributed by atoms with Gasteiger partial charge in [0.25, 0.3) is 0 Å².